The Morgan fingerprint density at radius 3 is 1.39 bits per heavy atom. The molecule has 0 amide bonds. The quantitative estimate of drug-likeness (QED) is 0.294. The molecule has 23 heavy (non-hydrogen) atoms. The molecule has 0 aliphatic rings. The Morgan fingerprint density at radius 1 is 0.739 bits per heavy atom. The third-order valence-corrected chi connectivity index (χ3v) is 4.80. The zero-order valence-corrected chi connectivity index (χ0v) is 16.3. The van der Waals surface area contributed by atoms with Gasteiger partial charge in [-0.3, -0.25) is 0 Å². The van der Waals surface area contributed by atoms with Crippen LogP contribution in [-0.2, 0) is 4.79 Å². The van der Waals surface area contributed by atoms with Crippen LogP contribution in [0.1, 0.15) is 96.8 Å². The number of hydrogen-bond acceptors (Lipinski definition) is 1. The lowest BCUT2D eigenvalue weighted by molar-refractivity contribution is -0.887. The number of carboxylic acids is 1. The fourth-order valence-corrected chi connectivity index (χ4v) is 3.20. The van der Waals surface area contributed by atoms with Crippen LogP contribution in [0.15, 0.2) is 0 Å². The van der Waals surface area contributed by atoms with Crippen LogP contribution in [0.5, 0.6) is 0 Å². The summed E-state index contributed by atoms with van der Waals surface area (Å²) in [6.07, 6.45) is 18.1. The molecule has 0 radical (unpaired) electrons. The molecule has 3 nitrogen and oxygen atoms in total. The van der Waals surface area contributed by atoms with Crippen LogP contribution in [0.25, 0.3) is 0 Å². The molecule has 0 aliphatic heterocycles. The van der Waals surface area contributed by atoms with Crippen LogP contribution in [0.3, 0.4) is 0 Å². The Kier molecular flexibility index (Phi) is 13.5. The Morgan fingerprint density at radius 2 is 1.09 bits per heavy atom. The fourth-order valence-electron chi connectivity index (χ4n) is 3.20. The minimum atomic E-state index is -0.656. The molecule has 138 valence electrons. The van der Waals surface area contributed by atoms with Gasteiger partial charge < -0.3 is 9.59 Å². The molecule has 0 aromatic rings. The highest BCUT2D eigenvalue weighted by Gasteiger charge is 2.30. The second-order valence-electron chi connectivity index (χ2n) is 8.00. The van der Waals surface area contributed by atoms with Crippen LogP contribution in [-0.4, -0.2) is 42.7 Å². The van der Waals surface area contributed by atoms with Crippen LogP contribution >= 0.6 is 0 Å². The average Bonchev–Trinajstić information content (AvgIpc) is 2.46. The minimum absolute atomic E-state index is 0.261. The first kappa shape index (κ1) is 22.4. The minimum Gasteiger partial charge on any atom is -0.477 e. The Hall–Kier alpha value is -0.570. The number of carboxylic acid groups (broad SMARTS) is 1. The summed E-state index contributed by atoms with van der Waals surface area (Å²) in [5.74, 6) is -0.656. The van der Waals surface area contributed by atoms with Gasteiger partial charge in [-0.25, -0.2) is 4.79 Å². The first-order valence-electron chi connectivity index (χ1n) is 9.93. The monoisotopic (exact) mass is 328 g/mol. The zero-order valence-electron chi connectivity index (χ0n) is 16.3. The van der Waals surface area contributed by atoms with Gasteiger partial charge in [0.25, 0.3) is 0 Å². The van der Waals surface area contributed by atoms with Crippen molar-refractivity contribution in [3.63, 3.8) is 0 Å². The highest BCUT2D eigenvalue weighted by molar-refractivity contribution is 5.72. The van der Waals surface area contributed by atoms with Gasteiger partial charge in [0.15, 0.2) is 6.04 Å². The van der Waals surface area contributed by atoms with E-state index in [0.717, 1.165) is 12.8 Å². The molecule has 0 rings (SSSR count). The van der Waals surface area contributed by atoms with E-state index in [-0.39, 0.29) is 6.04 Å². The third-order valence-electron chi connectivity index (χ3n) is 4.80. The lowest BCUT2D eigenvalue weighted by Crippen LogP contribution is -2.49. The number of hydrogen-bond donors (Lipinski definition) is 1. The lowest BCUT2D eigenvalue weighted by atomic mass is 10.0. The largest absolute Gasteiger partial charge is 0.477 e. The molecule has 0 heterocycles. The Labute approximate surface area is 145 Å². The predicted molar refractivity (Wildman–Crippen MR) is 99.8 cm³/mol. The molecule has 1 N–H and O–H groups in total. The molecule has 1 atom stereocenters. The van der Waals surface area contributed by atoms with Crippen molar-refractivity contribution in [3.05, 3.63) is 0 Å². The van der Waals surface area contributed by atoms with Crippen LogP contribution in [0, 0.1) is 0 Å². The van der Waals surface area contributed by atoms with Gasteiger partial charge in [0.1, 0.15) is 0 Å². The smallest absolute Gasteiger partial charge is 0.362 e. The van der Waals surface area contributed by atoms with E-state index in [1.54, 1.807) is 0 Å². The van der Waals surface area contributed by atoms with Crippen molar-refractivity contribution in [1.29, 1.82) is 0 Å². The summed E-state index contributed by atoms with van der Waals surface area (Å²) >= 11 is 0. The summed E-state index contributed by atoms with van der Waals surface area (Å²) in [4.78, 5) is 11.3. The van der Waals surface area contributed by atoms with Gasteiger partial charge >= 0.3 is 5.97 Å². The van der Waals surface area contributed by atoms with Crippen LogP contribution < -0.4 is 0 Å². The van der Waals surface area contributed by atoms with Crippen molar-refractivity contribution in [2.24, 2.45) is 0 Å². The number of unbranched alkanes of at least 4 members (excludes halogenated alkanes) is 12. The molecule has 1 unspecified atom stereocenters. The molecule has 3 heteroatoms. The third kappa shape index (κ3) is 13.6. The van der Waals surface area contributed by atoms with Crippen molar-refractivity contribution in [2.45, 2.75) is 103 Å². The van der Waals surface area contributed by atoms with Gasteiger partial charge in [0, 0.05) is 6.42 Å². The van der Waals surface area contributed by atoms with Crippen molar-refractivity contribution in [2.75, 3.05) is 21.1 Å². The topological polar surface area (TPSA) is 37.3 Å². The van der Waals surface area contributed by atoms with Gasteiger partial charge in [-0.1, -0.05) is 84.0 Å². The average molecular weight is 329 g/mol. The number of aliphatic carboxylic acids is 1. The summed E-state index contributed by atoms with van der Waals surface area (Å²) in [5.41, 5.74) is 0. The molecule has 0 aromatic carbocycles. The van der Waals surface area contributed by atoms with Gasteiger partial charge in [-0.2, -0.15) is 0 Å². The summed E-state index contributed by atoms with van der Waals surface area (Å²) in [5, 5.41) is 9.28. The maximum Gasteiger partial charge on any atom is 0.362 e. The van der Waals surface area contributed by atoms with E-state index in [4.69, 9.17) is 0 Å². The maximum absolute atomic E-state index is 11.3. The fraction of sp³-hybridized carbons (Fsp3) is 0.950. The van der Waals surface area contributed by atoms with E-state index < -0.39 is 5.97 Å². The molecule has 0 spiro atoms. The van der Waals surface area contributed by atoms with Crippen molar-refractivity contribution >= 4 is 5.97 Å². The summed E-state index contributed by atoms with van der Waals surface area (Å²) in [6.45, 7) is 2.27. The van der Waals surface area contributed by atoms with E-state index in [0.29, 0.717) is 4.48 Å². The van der Waals surface area contributed by atoms with E-state index in [9.17, 15) is 9.90 Å². The first-order chi connectivity index (χ1) is 10.9. The van der Waals surface area contributed by atoms with E-state index in [2.05, 4.69) is 6.92 Å². The Balaban J connectivity index is 3.38. The first-order valence-corrected chi connectivity index (χ1v) is 9.93. The van der Waals surface area contributed by atoms with Crippen LogP contribution in [0.2, 0.25) is 0 Å². The van der Waals surface area contributed by atoms with E-state index >= 15 is 0 Å². The molecule has 0 aliphatic carbocycles. The second kappa shape index (κ2) is 13.8. The molecule has 0 saturated heterocycles. The second-order valence-corrected chi connectivity index (χ2v) is 8.00. The van der Waals surface area contributed by atoms with Gasteiger partial charge in [-0.15, -0.1) is 0 Å². The summed E-state index contributed by atoms with van der Waals surface area (Å²) < 4.78 is 0.521. The maximum atomic E-state index is 11.3. The number of carbonyl (C=O) groups is 1. The van der Waals surface area contributed by atoms with Gasteiger partial charge in [-0.05, 0) is 6.42 Å². The molecule has 0 fully saturated rings. The summed E-state index contributed by atoms with van der Waals surface area (Å²) in [7, 11) is 5.92. The lowest BCUT2D eigenvalue weighted by Gasteiger charge is -2.31. The molecular weight excluding hydrogens is 286 g/mol. The SMILES string of the molecule is CCCCCCCCCCCCCCCC(C(=O)O)[N+](C)(C)C. The van der Waals surface area contributed by atoms with Gasteiger partial charge in [0.2, 0.25) is 0 Å². The van der Waals surface area contributed by atoms with Crippen molar-refractivity contribution in [1.82, 2.24) is 0 Å². The normalized spacial score (nSPS) is 13.2. The number of rotatable bonds is 16. The highest BCUT2D eigenvalue weighted by Crippen LogP contribution is 2.16. The van der Waals surface area contributed by atoms with E-state index in [1.807, 2.05) is 21.1 Å². The molecular formula is C20H42NO2+. The number of quaternary nitrogens is 1. The molecule has 0 bridgehead atoms. The summed E-state index contributed by atoms with van der Waals surface area (Å²) in [6, 6.07) is -0.261. The van der Waals surface area contributed by atoms with E-state index in [1.165, 1.54) is 77.0 Å². The van der Waals surface area contributed by atoms with Crippen molar-refractivity contribution < 1.29 is 14.4 Å². The van der Waals surface area contributed by atoms with Crippen LogP contribution in [0.4, 0.5) is 0 Å². The molecule has 0 aromatic heterocycles. The number of likely N-dealkylation sites (N-methyl/N-ethyl adjacent to an activating group) is 1. The van der Waals surface area contributed by atoms with Crippen molar-refractivity contribution in [3.8, 4) is 0 Å². The molecule has 0 saturated carbocycles. The Bertz CT molecular complexity index is 284. The number of nitrogens with zero attached hydrogens (tertiary/aromatic N) is 1. The highest BCUT2D eigenvalue weighted by atomic mass is 16.4. The standard InChI is InChI=1S/C20H41NO2/c1-5-6-7-8-9-10-11-12-13-14-15-16-17-18-19(20(22)23)21(2,3)4/h19H,5-18H2,1-4H3/p+1. The predicted octanol–water partition coefficient (Wildman–Crippen LogP) is 5.63. The van der Waals surface area contributed by atoms with Gasteiger partial charge in [0.05, 0.1) is 21.1 Å². The zero-order chi connectivity index (χ0) is 17.6.